The third kappa shape index (κ3) is 3.07. The maximum Gasteiger partial charge on any atom is 0.288 e. The maximum absolute atomic E-state index is 10.9. The average molecular weight is 298 g/mol. The first-order chi connectivity index (χ1) is 8.97. The lowest BCUT2D eigenvalue weighted by atomic mass is 10.1. The van der Waals surface area contributed by atoms with Gasteiger partial charge in [0.25, 0.3) is 5.69 Å². The van der Waals surface area contributed by atoms with E-state index in [1.165, 1.54) is 30.4 Å². The van der Waals surface area contributed by atoms with Crippen molar-refractivity contribution in [3.05, 3.63) is 38.7 Å². The number of thiazole rings is 1. The summed E-state index contributed by atoms with van der Waals surface area (Å²) in [6.07, 6.45) is 0. The van der Waals surface area contributed by atoms with Crippen LogP contribution in [0.25, 0.3) is 11.3 Å². The fourth-order valence-corrected chi connectivity index (χ4v) is 2.38. The average Bonchev–Trinajstić information content (AvgIpc) is 2.76. The molecule has 2 rings (SSSR count). The zero-order valence-electron chi connectivity index (χ0n) is 9.71. The Kier molecular flexibility index (Phi) is 3.77. The van der Waals surface area contributed by atoms with E-state index in [1.807, 2.05) is 0 Å². The van der Waals surface area contributed by atoms with E-state index < -0.39 is 4.92 Å². The topological polar surface area (TPSA) is 85.1 Å². The zero-order valence-corrected chi connectivity index (χ0v) is 11.3. The number of nitrogens with zero attached hydrogens (tertiary/aromatic N) is 2. The highest BCUT2D eigenvalue weighted by molar-refractivity contribution is 7.14. The number of carbonyl (C=O) groups is 1. The minimum Gasteiger partial charge on any atom is -0.302 e. The summed E-state index contributed by atoms with van der Waals surface area (Å²) in [7, 11) is 0. The zero-order chi connectivity index (χ0) is 14.0. The number of benzene rings is 1. The van der Waals surface area contributed by atoms with E-state index in [0.29, 0.717) is 16.4 Å². The first kappa shape index (κ1) is 13.4. The van der Waals surface area contributed by atoms with Crippen molar-refractivity contribution >= 4 is 39.7 Å². The molecule has 0 aliphatic heterocycles. The van der Waals surface area contributed by atoms with Gasteiger partial charge in [0.2, 0.25) is 5.91 Å². The fraction of sp³-hybridized carbons (Fsp3) is 0.0909. The highest BCUT2D eigenvalue weighted by atomic mass is 35.5. The van der Waals surface area contributed by atoms with Crippen molar-refractivity contribution in [2.45, 2.75) is 6.92 Å². The highest BCUT2D eigenvalue weighted by Gasteiger charge is 2.15. The first-order valence-corrected chi connectivity index (χ1v) is 6.40. The lowest BCUT2D eigenvalue weighted by molar-refractivity contribution is -0.384. The molecule has 0 fully saturated rings. The van der Waals surface area contributed by atoms with Crippen LogP contribution in [0.15, 0.2) is 23.6 Å². The van der Waals surface area contributed by atoms with Gasteiger partial charge in [0, 0.05) is 23.9 Å². The second-order valence-electron chi connectivity index (χ2n) is 3.64. The molecule has 1 N–H and O–H groups in total. The van der Waals surface area contributed by atoms with Crippen LogP contribution in [0.2, 0.25) is 5.02 Å². The predicted molar refractivity (Wildman–Crippen MR) is 73.5 cm³/mol. The second kappa shape index (κ2) is 5.33. The fourth-order valence-electron chi connectivity index (χ4n) is 1.43. The summed E-state index contributed by atoms with van der Waals surface area (Å²) in [5.74, 6) is -0.219. The molecule has 1 aromatic heterocycles. The summed E-state index contributed by atoms with van der Waals surface area (Å²) in [5, 5.41) is 15.6. The van der Waals surface area contributed by atoms with Gasteiger partial charge in [-0.1, -0.05) is 17.7 Å². The molecule has 0 bridgehead atoms. The van der Waals surface area contributed by atoms with Crippen LogP contribution in [-0.4, -0.2) is 15.8 Å². The minimum atomic E-state index is -0.549. The summed E-state index contributed by atoms with van der Waals surface area (Å²) in [5.41, 5.74) is 0.950. The molecule has 0 spiro atoms. The van der Waals surface area contributed by atoms with E-state index in [2.05, 4.69) is 10.3 Å². The lowest BCUT2D eigenvalue weighted by Gasteiger charge is -1.99. The van der Waals surface area contributed by atoms with Crippen LogP contribution in [0, 0.1) is 10.1 Å². The molecule has 0 aliphatic rings. The lowest BCUT2D eigenvalue weighted by Crippen LogP contribution is -2.04. The Morgan fingerprint density at radius 1 is 1.53 bits per heavy atom. The number of hydrogen-bond acceptors (Lipinski definition) is 5. The number of nitrogens with one attached hydrogen (secondary N) is 1. The number of amides is 1. The molecule has 19 heavy (non-hydrogen) atoms. The van der Waals surface area contributed by atoms with Crippen LogP contribution in [0.3, 0.4) is 0 Å². The molecule has 0 radical (unpaired) electrons. The molecular formula is C11H8ClN3O3S. The Bertz CT molecular complexity index is 656. The molecule has 0 saturated heterocycles. The third-order valence-corrected chi connectivity index (χ3v) is 3.30. The molecule has 1 heterocycles. The monoisotopic (exact) mass is 297 g/mol. The van der Waals surface area contributed by atoms with Crippen LogP contribution in [0.1, 0.15) is 6.92 Å². The van der Waals surface area contributed by atoms with Crippen molar-refractivity contribution in [3.8, 4) is 11.3 Å². The maximum atomic E-state index is 10.9. The molecule has 0 unspecified atom stereocenters. The number of anilines is 1. The van der Waals surface area contributed by atoms with Gasteiger partial charge in [-0.2, -0.15) is 0 Å². The largest absolute Gasteiger partial charge is 0.302 e. The van der Waals surface area contributed by atoms with E-state index in [0.717, 1.165) is 0 Å². The van der Waals surface area contributed by atoms with Gasteiger partial charge in [0.05, 0.1) is 10.6 Å². The number of nitro benzene ring substituents is 1. The van der Waals surface area contributed by atoms with Crippen LogP contribution < -0.4 is 5.32 Å². The molecule has 0 atom stereocenters. The van der Waals surface area contributed by atoms with Crippen molar-refractivity contribution in [2.75, 3.05) is 5.32 Å². The molecule has 1 aromatic carbocycles. The van der Waals surface area contributed by atoms with Gasteiger partial charge in [-0.3, -0.25) is 14.9 Å². The van der Waals surface area contributed by atoms with Gasteiger partial charge in [0.15, 0.2) is 5.13 Å². The SMILES string of the molecule is CC(=O)Nc1nc(-c2ccc(Cl)c([N+](=O)[O-])c2)cs1. The summed E-state index contributed by atoms with van der Waals surface area (Å²) in [6.45, 7) is 1.38. The van der Waals surface area contributed by atoms with Gasteiger partial charge in [-0.25, -0.2) is 4.98 Å². The Hall–Kier alpha value is -1.99. The third-order valence-electron chi connectivity index (χ3n) is 2.23. The van der Waals surface area contributed by atoms with Crippen LogP contribution in [-0.2, 0) is 4.79 Å². The normalized spacial score (nSPS) is 10.2. The summed E-state index contributed by atoms with van der Waals surface area (Å²) in [4.78, 5) is 25.3. The van der Waals surface area contributed by atoms with Crippen molar-refractivity contribution in [1.82, 2.24) is 4.98 Å². The number of rotatable bonds is 3. The number of halogens is 1. The van der Waals surface area contributed by atoms with Gasteiger partial charge in [0.1, 0.15) is 5.02 Å². The smallest absolute Gasteiger partial charge is 0.288 e. The molecule has 8 heteroatoms. The second-order valence-corrected chi connectivity index (χ2v) is 4.91. The Morgan fingerprint density at radius 3 is 2.89 bits per heavy atom. The number of hydrogen-bond donors (Lipinski definition) is 1. The number of carbonyl (C=O) groups excluding carboxylic acids is 1. The number of nitro groups is 1. The summed E-state index contributed by atoms with van der Waals surface area (Å²) in [6, 6.07) is 4.45. The van der Waals surface area contributed by atoms with E-state index in [1.54, 1.807) is 11.4 Å². The molecule has 98 valence electrons. The van der Waals surface area contributed by atoms with Crippen molar-refractivity contribution < 1.29 is 9.72 Å². The Labute approximate surface area is 117 Å². The summed E-state index contributed by atoms with van der Waals surface area (Å²) < 4.78 is 0. The molecule has 6 nitrogen and oxygen atoms in total. The van der Waals surface area contributed by atoms with Crippen molar-refractivity contribution in [1.29, 1.82) is 0 Å². The first-order valence-electron chi connectivity index (χ1n) is 5.15. The number of aromatic nitrogens is 1. The molecule has 0 aliphatic carbocycles. The van der Waals surface area contributed by atoms with E-state index >= 15 is 0 Å². The van der Waals surface area contributed by atoms with Crippen LogP contribution >= 0.6 is 22.9 Å². The Morgan fingerprint density at radius 2 is 2.26 bits per heavy atom. The van der Waals surface area contributed by atoms with Gasteiger partial charge >= 0.3 is 0 Å². The molecule has 0 saturated carbocycles. The van der Waals surface area contributed by atoms with Gasteiger partial charge in [-0.05, 0) is 6.07 Å². The van der Waals surface area contributed by atoms with E-state index in [4.69, 9.17) is 11.6 Å². The summed E-state index contributed by atoms with van der Waals surface area (Å²) >= 11 is 6.98. The van der Waals surface area contributed by atoms with Crippen LogP contribution in [0.4, 0.5) is 10.8 Å². The van der Waals surface area contributed by atoms with Crippen LogP contribution in [0.5, 0.6) is 0 Å². The standard InChI is InChI=1S/C11H8ClN3O3S/c1-6(16)13-11-14-9(5-19-11)7-2-3-8(12)10(4-7)15(17)18/h2-5H,1H3,(H,13,14,16). The van der Waals surface area contributed by atoms with Crippen molar-refractivity contribution in [3.63, 3.8) is 0 Å². The Balaban J connectivity index is 2.36. The highest BCUT2D eigenvalue weighted by Crippen LogP contribution is 2.31. The van der Waals surface area contributed by atoms with Gasteiger partial charge < -0.3 is 5.32 Å². The van der Waals surface area contributed by atoms with Crippen molar-refractivity contribution in [2.24, 2.45) is 0 Å². The molecule has 2 aromatic rings. The molecule has 1 amide bonds. The van der Waals surface area contributed by atoms with E-state index in [-0.39, 0.29) is 16.6 Å². The quantitative estimate of drug-likeness (QED) is 0.695. The van der Waals surface area contributed by atoms with E-state index in [9.17, 15) is 14.9 Å². The molecular weight excluding hydrogens is 290 g/mol. The van der Waals surface area contributed by atoms with Gasteiger partial charge in [-0.15, -0.1) is 11.3 Å². The predicted octanol–water partition coefficient (Wildman–Crippen LogP) is 3.33. The minimum absolute atomic E-state index is 0.0751.